The quantitative estimate of drug-likeness (QED) is 0.468. The molecule has 0 saturated heterocycles. The highest BCUT2D eigenvalue weighted by Gasteiger charge is 2.17. The monoisotopic (exact) mass is 449 g/mol. The van der Waals surface area contributed by atoms with Gasteiger partial charge in [-0.1, -0.05) is 35.9 Å². The highest BCUT2D eigenvalue weighted by molar-refractivity contribution is 6.31. The molecule has 0 atom stereocenters. The number of aromatic nitrogens is 2. The molecule has 0 N–H and O–H groups in total. The Kier molecular flexibility index (Phi) is 7.46. The van der Waals surface area contributed by atoms with Gasteiger partial charge in [0.25, 0.3) is 5.91 Å². The number of amides is 1. The molecule has 0 unspecified atom stereocenters. The summed E-state index contributed by atoms with van der Waals surface area (Å²) in [6.07, 6.45) is 3.16. The maximum absolute atomic E-state index is 12.8. The lowest BCUT2D eigenvalue weighted by Gasteiger charge is -2.18. The third-order valence-corrected chi connectivity index (χ3v) is 4.83. The summed E-state index contributed by atoms with van der Waals surface area (Å²) in [5.74, 6) is -0.0691. The minimum Gasteiger partial charge on any atom is -0.490 e. The highest BCUT2D eigenvalue weighted by atomic mass is 35.5. The van der Waals surface area contributed by atoms with Crippen molar-refractivity contribution in [3.8, 4) is 11.5 Å². The van der Waals surface area contributed by atoms with Crippen LogP contribution in [0.3, 0.4) is 0 Å². The Labute approximate surface area is 183 Å². The molecule has 3 rings (SSSR count). The fourth-order valence-electron chi connectivity index (χ4n) is 3.04. The van der Waals surface area contributed by atoms with Gasteiger partial charge in [0.05, 0.1) is 24.9 Å². The molecule has 1 amide bonds. The van der Waals surface area contributed by atoms with E-state index >= 15 is 0 Å². The average molecular weight is 450 g/mol. The third-order valence-electron chi connectivity index (χ3n) is 4.46. The van der Waals surface area contributed by atoms with E-state index < -0.39 is 6.61 Å². The molecule has 3 aromatic rings. The highest BCUT2D eigenvalue weighted by Crippen LogP contribution is 2.30. The minimum atomic E-state index is -2.95. The predicted octanol–water partition coefficient (Wildman–Crippen LogP) is 4.86. The van der Waals surface area contributed by atoms with Crippen LogP contribution in [-0.4, -0.2) is 40.9 Å². The molecule has 1 aromatic heterocycles. The van der Waals surface area contributed by atoms with Crippen molar-refractivity contribution < 1.29 is 23.0 Å². The van der Waals surface area contributed by atoms with Crippen LogP contribution in [0.2, 0.25) is 5.02 Å². The Bertz CT molecular complexity index is 1040. The zero-order valence-electron chi connectivity index (χ0n) is 17.1. The molecule has 164 valence electrons. The van der Waals surface area contributed by atoms with Gasteiger partial charge in [0.1, 0.15) is 0 Å². The first kappa shape index (κ1) is 22.6. The van der Waals surface area contributed by atoms with Gasteiger partial charge in [-0.05, 0) is 36.2 Å². The normalized spacial score (nSPS) is 10.9. The summed E-state index contributed by atoms with van der Waals surface area (Å²) in [4.78, 5) is 14.3. The average Bonchev–Trinajstić information content (AvgIpc) is 3.19. The van der Waals surface area contributed by atoms with Gasteiger partial charge in [-0.2, -0.15) is 13.9 Å². The fourth-order valence-corrected chi connectivity index (χ4v) is 3.24. The number of halogens is 3. The van der Waals surface area contributed by atoms with E-state index in [0.717, 1.165) is 5.56 Å². The van der Waals surface area contributed by atoms with E-state index in [4.69, 9.17) is 16.3 Å². The summed E-state index contributed by atoms with van der Waals surface area (Å²) in [6.45, 7) is -0.211. The number of hydrogen-bond acceptors (Lipinski definition) is 4. The molecule has 0 aliphatic heterocycles. The van der Waals surface area contributed by atoms with Gasteiger partial charge >= 0.3 is 6.61 Å². The number of carbonyl (C=O) groups is 1. The van der Waals surface area contributed by atoms with Gasteiger partial charge < -0.3 is 14.4 Å². The predicted molar refractivity (Wildman–Crippen MR) is 113 cm³/mol. The summed E-state index contributed by atoms with van der Waals surface area (Å²) in [7, 11) is 1.65. The number of carbonyl (C=O) groups excluding carboxylic acids is 1. The van der Waals surface area contributed by atoms with E-state index in [1.165, 1.54) is 17.2 Å². The van der Waals surface area contributed by atoms with Gasteiger partial charge in [-0.25, -0.2) is 0 Å². The number of alkyl halides is 2. The van der Waals surface area contributed by atoms with Gasteiger partial charge in [-0.3, -0.25) is 9.48 Å². The van der Waals surface area contributed by atoms with Crippen LogP contribution in [0.4, 0.5) is 8.78 Å². The summed E-state index contributed by atoms with van der Waals surface area (Å²) in [5, 5.41) is 4.88. The Balaban J connectivity index is 1.68. The second-order valence-corrected chi connectivity index (χ2v) is 7.18. The molecule has 1 heterocycles. The molecule has 0 aliphatic rings. The Morgan fingerprint density at radius 2 is 2.00 bits per heavy atom. The lowest BCUT2D eigenvalue weighted by atomic mass is 10.2. The van der Waals surface area contributed by atoms with E-state index in [-0.39, 0.29) is 24.0 Å². The van der Waals surface area contributed by atoms with Gasteiger partial charge in [-0.15, -0.1) is 0 Å². The van der Waals surface area contributed by atoms with E-state index in [1.807, 2.05) is 18.2 Å². The molecule has 9 heteroatoms. The largest absolute Gasteiger partial charge is 0.490 e. The number of ether oxygens (including phenoxy) is 2. The molecule has 2 aromatic carbocycles. The molecule has 0 saturated carbocycles. The van der Waals surface area contributed by atoms with Crippen LogP contribution in [0.5, 0.6) is 11.5 Å². The molecule has 31 heavy (non-hydrogen) atoms. The first-order valence-corrected chi connectivity index (χ1v) is 9.97. The summed E-state index contributed by atoms with van der Waals surface area (Å²) in [5.41, 5.74) is 2.04. The minimum absolute atomic E-state index is 0.0459. The number of benzene rings is 2. The SMILES string of the molecule is CCOc1cc(CN(C)C(=O)c2cnn(Cc3ccccc3Cl)c2)ccc1OC(F)F. The molecule has 6 nitrogen and oxygen atoms in total. The Hall–Kier alpha value is -3.13. The maximum Gasteiger partial charge on any atom is 0.387 e. The lowest BCUT2D eigenvalue weighted by molar-refractivity contribution is -0.0514. The summed E-state index contributed by atoms with van der Waals surface area (Å²) < 4.78 is 36.6. The van der Waals surface area contributed by atoms with E-state index in [1.54, 1.807) is 43.0 Å². The summed E-state index contributed by atoms with van der Waals surface area (Å²) in [6, 6.07) is 12.0. The van der Waals surface area contributed by atoms with E-state index in [0.29, 0.717) is 29.3 Å². The van der Waals surface area contributed by atoms with Gasteiger partial charge in [0.15, 0.2) is 11.5 Å². The topological polar surface area (TPSA) is 56.6 Å². The van der Waals surface area contributed by atoms with Crippen molar-refractivity contribution in [3.63, 3.8) is 0 Å². The standard InChI is InChI=1S/C22H22ClF2N3O3/c1-3-30-20-10-15(8-9-19(20)31-22(24)25)12-27(2)21(29)17-11-26-28(14-17)13-16-6-4-5-7-18(16)23/h4-11,14,22H,3,12-13H2,1-2H3. The van der Waals surface area contributed by atoms with Crippen molar-refractivity contribution in [1.82, 2.24) is 14.7 Å². The van der Waals surface area contributed by atoms with Crippen molar-refractivity contribution in [1.29, 1.82) is 0 Å². The molecule has 0 radical (unpaired) electrons. The Morgan fingerprint density at radius 1 is 1.23 bits per heavy atom. The second kappa shape index (κ2) is 10.3. The zero-order valence-corrected chi connectivity index (χ0v) is 17.9. The van der Waals surface area contributed by atoms with Crippen molar-refractivity contribution in [2.45, 2.75) is 26.6 Å². The first-order chi connectivity index (χ1) is 14.9. The van der Waals surface area contributed by atoms with Crippen LogP contribution in [0.1, 0.15) is 28.4 Å². The van der Waals surface area contributed by atoms with Crippen LogP contribution in [0.15, 0.2) is 54.9 Å². The van der Waals surface area contributed by atoms with Crippen LogP contribution >= 0.6 is 11.6 Å². The maximum atomic E-state index is 12.8. The van der Waals surface area contributed by atoms with Crippen molar-refractivity contribution >= 4 is 17.5 Å². The number of rotatable bonds is 9. The van der Waals surface area contributed by atoms with Crippen molar-refractivity contribution in [2.75, 3.05) is 13.7 Å². The van der Waals surface area contributed by atoms with Crippen LogP contribution < -0.4 is 9.47 Å². The zero-order chi connectivity index (χ0) is 22.4. The van der Waals surface area contributed by atoms with E-state index in [9.17, 15) is 13.6 Å². The van der Waals surface area contributed by atoms with Crippen molar-refractivity contribution in [3.05, 3.63) is 76.6 Å². The second-order valence-electron chi connectivity index (χ2n) is 6.77. The van der Waals surface area contributed by atoms with Crippen LogP contribution in [0.25, 0.3) is 0 Å². The van der Waals surface area contributed by atoms with E-state index in [2.05, 4.69) is 9.84 Å². The molecule has 0 bridgehead atoms. The molecular weight excluding hydrogens is 428 g/mol. The lowest BCUT2D eigenvalue weighted by Crippen LogP contribution is -2.26. The number of nitrogens with zero attached hydrogens (tertiary/aromatic N) is 3. The Morgan fingerprint density at radius 3 is 2.71 bits per heavy atom. The molecule has 0 spiro atoms. The van der Waals surface area contributed by atoms with Gasteiger partial charge in [0, 0.05) is 24.8 Å². The third kappa shape index (κ3) is 5.95. The van der Waals surface area contributed by atoms with Crippen LogP contribution in [0, 0.1) is 0 Å². The smallest absolute Gasteiger partial charge is 0.387 e. The molecule has 0 fully saturated rings. The molecular formula is C22H22ClF2N3O3. The number of hydrogen-bond donors (Lipinski definition) is 0. The fraction of sp³-hybridized carbons (Fsp3) is 0.273. The summed E-state index contributed by atoms with van der Waals surface area (Å²) >= 11 is 6.18. The van der Waals surface area contributed by atoms with Crippen LogP contribution in [-0.2, 0) is 13.1 Å². The molecule has 0 aliphatic carbocycles. The van der Waals surface area contributed by atoms with Crippen molar-refractivity contribution in [2.24, 2.45) is 0 Å². The van der Waals surface area contributed by atoms with Gasteiger partial charge in [0.2, 0.25) is 0 Å². The first-order valence-electron chi connectivity index (χ1n) is 9.59.